The fourth-order valence-corrected chi connectivity index (χ4v) is 2.20. The number of rotatable bonds is 4. The van der Waals surface area contributed by atoms with Gasteiger partial charge in [-0.1, -0.05) is 37.6 Å². The zero-order valence-electron chi connectivity index (χ0n) is 13.3. The van der Waals surface area contributed by atoms with Crippen LogP contribution in [-0.2, 0) is 0 Å². The second kappa shape index (κ2) is 8.26. The van der Waals surface area contributed by atoms with E-state index in [1.165, 1.54) is 18.6 Å². The Morgan fingerprint density at radius 2 is 1.79 bits per heavy atom. The van der Waals surface area contributed by atoms with E-state index in [9.17, 15) is 9.59 Å². The molecule has 24 heavy (non-hydrogen) atoms. The quantitative estimate of drug-likeness (QED) is 0.740. The van der Waals surface area contributed by atoms with Gasteiger partial charge in [-0.2, -0.15) is 0 Å². The molecule has 8 heteroatoms. The van der Waals surface area contributed by atoms with E-state index < -0.39 is 11.9 Å². The molecule has 0 saturated carbocycles. The van der Waals surface area contributed by atoms with Crippen molar-refractivity contribution in [3.05, 3.63) is 59.1 Å². The molecule has 2 rings (SSSR count). The molecule has 1 aromatic heterocycles. The first-order valence-electron chi connectivity index (χ1n) is 7.35. The molecule has 0 bridgehead atoms. The molecule has 1 unspecified atom stereocenters. The third-order valence-electron chi connectivity index (χ3n) is 3.27. The van der Waals surface area contributed by atoms with Gasteiger partial charge in [0.1, 0.15) is 5.69 Å². The number of hydrogen-bond acceptors (Lipinski definition) is 4. The molecule has 0 radical (unpaired) electrons. The molecular formula is C16H18ClN5O2. The van der Waals surface area contributed by atoms with Crippen molar-refractivity contribution >= 4 is 23.5 Å². The maximum Gasteiger partial charge on any atom is 0.333 e. The van der Waals surface area contributed by atoms with E-state index in [1.807, 2.05) is 26.0 Å². The Morgan fingerprint density at radius 1 is 1.08 bits per heavy atom. The monoisotopic (exact) mass is 347 g/mol. The highest BCUT2D eigenvalue weighted by molar-refractivity contribution is 6.30. The number of hydrazine groups is 1. The Morgan fingerprint density at radius 3 is 2.38 bits per heavy atom. The van der Waals surface area contributed by atoms with Crippen LogP contribution < -0.4 is 16.2 Å². The first-order valence-corrected chi connectivity index (χ1v) is 7.73. The standard InChI is InChI=1S/C16H18ClN5O2/c1-10(2)14(11-3-5-12(17)6-4-11)20-16(24)22-21-15(23)13-9-18-7-8-19-13/h3-10,14H,1-2H3,(H,21,23)(H2,20,22,24). The van der Waals surface area contributed by atoms with Crippen molar-refractivity contribution in [3.8, 4) is 0 Å². The minimum absolute atomic E-state index is 0.107. The average molecular weight is 348 g/mol. The second-order valence-corrected chi connectivity index (χ2v) is 5.85. The van der Waals surface area contributed by atoms with Crippen LogP contribution in [0.15, 0.2) is 42.9 Å². The second-order valence-electron chi connectivity index (χ2n) is 5.42. The molecule has 0 aliphatic rings. The summed E-state index contributed by atoms with van der Waals surface area (Å²) in [5.74, 6) is -0.404. The first-order chi connectivity index (χ1) is 11.5. The molecule has 0 spiro atoms. The van der Waals surface area contributed by atoms with Crippen molar-refractivity contribution in [2.75, 3.05) is 0 Å². The van der Waals surface area contributed by atoms with E-state index in [2.05, 4.69) is 26.1 Å². The van der Waals surface area contributed by atoms with Crippen LogP contribution in [0.4, 0.5) is 4.79 Å². The fraction of sp³-hybridized carbons (Fsp3) is 0.250. The van der Waals surface area contributed by atoms with Gasteiger partial charge in [0.25, 0.3) is 5.91 Å². The van der Waals surface area contributed by atoms with Gasteiger partial charge in [-0.25, -0.2) is 15.2 Å². The Labute approximate surface area is 144 Å². The number of amides is 3. The van der Waals surface area contributed by atoms with Crippen LogP contribution in [0.1, 0.15) is 35.9 Å². The predicted octanol–water partition coefficient (Wildman–Crippen LogP) is 2.47. The van der Waals surface area contributed by atoms with Crippen LogP contribution in [0.3, 0.4) is 0 Å². The number of hydrogen-bond donors (Lipinski definition) is 3. The summed E-state index contributed by atoms with van der Waals surface area (Å²) in [4.78, 5) is 31.5. The third kappa shape index (κ3) is 4.92. The summed E-state index contributed by atoms with van der Waals surface area (Å²) in [6.45, 7) is 3.97. The maximum absolute atomic E-state index is 12.0. The molecule has 0 aliphatic carbocycles. The van der Waals surface area contributed by atoms with Gasteiger partial charge in [0.15, 0.2) is 0 Å². The molecular weight excluding hydrogens is 330 g/mol. The van der Waals surface area contributed by atoms with Crippen molar-refractivity contribution in [2.24, 2.45) is 5.92 Å². The van der Waals surface area contributed by atoms with Gasteiger partial charge in [0.05, 0.1) is 12.2 Å². The lowest BCUT2D eigenvalue weighted by molar-refractivity contribution is 0.0930. The molecule has 0 fully saturated rings. The molecule has 2 aromatic rings. The third-order valence-corrected chi connectivity index (χ3v) is 3.52. The van der Waals surface area contributed by atoms with Crippen LogP contribution in [0.25, 0.3) is 0 Å². The van der Waals surface area contributed by atoms with E-state index in [4.69, 9.17) is 11.6 Å². The molecule has 7 nitrogen and oxygen atoms in total. The molecule has 0 aliphatic heterocycles. The minimum atomic E-state index is -0.550. The zero-order chi connectivity index (χ0) is 17.5. The van der Waals surface area contributed by atoms with Gasteiger partial charge in [0, 0.05) is 17.4 Å². The fourth-order valence-electron chi connectivity index (χ4n) is 2.08. The summed E-state index contributed by atoms with van der Waals surface area (Å²) in [6, 6.07) is 6.48. The number of nitrogens with one attached hydrogen (secondary N) is 3. The zero-order valence-corrected chi connectivity index (χ0v) is 14.0. The number of halogens is 1. The predicted molar refractivity (Wildman–Crippen MR) is 90.2 cm³/mol. The summed E-state index contributed by atoms with van der Waals surface area (Å²) in [5.41, 5.74) is 5.61. The number of carbonyl (C=O) groups is 2. The molecule has 3 amide bonds. The summed E-state index contributed by atoms with van der Waals surface area (Å²) >= 11 is 5.89. The number of carbonyl (C=O) groups excluding carboxylic acids is 2. The number of benzene rings is 1. The van der Waals surface area contributed by atoms with Crippen LogP contribution in [-0.4, -0.2) is 21.9 Å². The van der Waals surface area contributed by atoms with Crippen molar-refractivity contribution in [2.45, 2.75) is 19.9 Å². The van der Waals surface area contributed by atoms with Gasteiger partial charge < -0.3 is 5.32 Å². The molecule has 0 saturated heterocycles. The molecule has 3 N–H and O–H groups in total. The molecule has 126 valence electrons. The highest BCUT2D eigenvalue weighted by Crippen LogP contribution is 2.23. The van der Waals surface area contributed by atoms with Crippen LogP contribution >= 0.6 is 11.6 Å². The maximum atomic E-state index is 12.0. The van der Waals surface area contributed by atoms with E-state index in [1.54, 1.807) is 12.1 Å². The minimum Gasteiger partial charge on any atom is -0.330 e. The van der Waals surface area contributed by atoms with Gasteiger partial charge in [-0.05, 0) is 23.6 Å². The Balaban J connectivity index is 1.94. The van der Waals surface area contributed by atoms with E-state index in [0.717, 1.165) is 5.56 Å². The topological polar surface area (TPSA) is 96.0 Å². The Hall–Kier alpha value is -2.67. The molecule has 1 heterocycles. The lowest BCUT2D eigenvalue weighted by Gasteiger charge is -2.23. The van der Waals surface area contributed by atoms with Crippen molar-refractivity contribution in [1.29, 1.82) is 0 Å². The lowest BCUT2D eigenvalue weighted by atomic mass is 9.96. The van der Waals surface area contributed by atoms with E-state index in [0.29, 0.717) is 5.02 Å². The molecule has 1 aromatic carbocycles. The van der Waals surface area contributed by atoms with Crippen molar-refractivity contribution < 1.29 is 9.59 Å². The summed E-state index contributed by atoms with van der Waals surface area (Å²) < 4.78 is 0. The Bertz CT molecular complexity index is 691. The van der Waals surface area contributed by atoms with Gasteiger partial charge in [0.2, 0.25) is 0 Å². The van der Waals surface area contributed by atoms with E-state index >= 15 is 0 Å². The number of urea groups is 1. The average Bonchev–Trinajstić information content (AvgIpc) is 2.59. The number of aromatic nitrogens is 2. The highest BCUT2D eigenvalue weighted by Gasteiger charge is 2.18. The lowest BCUT2D eigenvalue weighted by Crippen LogP contribution is -2.48. The van der Waals surface area contributed by atoms with E-state index in [-0.39, 0.29) is 17.7 Å². The normalized spacial score (nSPS) is 11.7. The van der Waals surface area contributed by atoms with Crippen molar-refractivity contribution in [1.82, 2.24) is 26.1 Å². The SMILES string of the molecule is CC(C)C(NC(=O)NNC(=O)c1cnccn1)c1ccc(Cl)cc1. The van der Waals surface area contributed by atoms with Gasteiger partial charge >= 0.3 is 6.03 Å². The van der Waals surface area contributed by atoms with Crippen LogP contribution in [0.5, 0.6) is 0 Å². The summed E-state index contributed by atoms with van der Waals surface area (Å²) in [5, 5.41) is 3.44. The summed E-state index contributed by atoms with van der Waals surface area (Å²) in [6.07, 6.45) is 4.15. The van der Waals surface area contributed by atoms with Crippen LogP contribution in [0, 0.1) is 5.92 Å². The van der Waals surface area contributed by atoms with Crippen molar-refractivity contribution in [3.63, 3.8) is 0 Å². The first kappa shape index (κ1) is 17.7. The highest BCUT2D eigenvalue weighted by atomic mass is 35.5. The Kier molecular flexibility index (Phi) is 6.08. The van der Waals surface area contributed by atoms with Gasteiger partial charge in [-0.3, -0.25) is 15.2 Å². The molecule has 1 atom stereocenters. The van der Waals surface area contributed by atoms with Gasteiger partial charge in [-0.15, -0.1) is 0 Å². The largest absolute Gasteiger partial charge is 0.333 e. The summed E-state index contributed by atoms with van der Waals surface area (Å²) in [7, 11) is 0. The number of nitrogens with zero attached hydrogens (tertiary/aromatic N) is 2. The smallest absolute Gasteiger partial charge is 0.330 e. The van der Waals surface area contributed by atoms with Crippen LogP contribution in [0.2, 0.25) is 5.02 Å².